The minimum Gasteiger partial charge on any atom is -0.480 e. The average Bonchev–Trinajstić information content (AvgIpc) is 3.58. The van der Waals surface area contributed by atoms with Crippen LogP contribution in [0.2, 0.25) is 5.02 Å². The first-order valence-corrected chi connectivity index (χ1v) is 18.6. The number of carboxylic acid groups (broad SMARTS) is 1. The van der Waals surface area contributed by atoms with Gasteiger partial charge in [0.15, 0.2) is 0 Å². The molecule has 0 radical (unpaired) electrons. The molecule has 262 valence electrons. The second-order valence-corrected chi connectivity index (χ2v) is 15.1. The number of carbonyl (C=O) groups is 2. The number of rotatable bonds is 11. The molecule has 2 heterocycles. The first-order valence-electron chi connectivity index (χ1n) is 15.2. The lowest BCUT2D eigenvalue weighted by atomic mass is 9.97. The number of halogens is 1. The van der Waals surface area contributed by atoms with Gasteiger partial charge in [0.2, 0.25) is 31.8 Å². The van der Waals surface area contributed by atoms with Crippen LogP contribution >= 0.6 is 11.6 Å². The predicted molar refractivity (Wildman–Crippen MR) is 183 cm³/mol. The van der Waals surface area contributed by atoms with Gasteiger partial charge in [0.05, 0.1) is 17.4 Å². The van der Waals surface area contributed by atoms with Gasteiger partial charge >= 0.3 is 5.97 Å². The number of carbonyl (C=O) groups excluding carboxylic acids is 1. The Balaban J connectivity index is 0.000000266. The fourth-order valence-electron chi connectivity index (χ4n) is 5.20. The van der Waals surface area contributed by atoms with Crippen LogP contribution in [-0.4, -0.2) is 72.1 Å². The number of fused-ring (bicyclic) bond motifs is 1. The molecule has 1 aliphatic rings. The van der Waals surface area contributed by atoms with E-state index in [0.717, 1.165) is 41.2 Å². The number of anilines is 1. The van der Waals surface area contributed by atoms with Crippen molar-refractivity contribution in [2.45, 2.75) is 62.4 Å². The van der Waals surface area contributed by atoms with Crippen LogP contribution in [-0.2, 0) is 36.2 Å². The molecular formula is C31H37ClN8O7S2. The Bertz CT molecular complexity index is 2010. The van der Waals surface area contributed by atoms with Crippen LogP contribution in [0.1, 0.15) is 45.6 Å². The molecule has 18 heteroatoms. The first-order chi connectivity index (χ1) is 23.1. The summed E-state index contributed by atoms with van der Waals surface area (Å²) in [7, 11) is -7.80. The van der Waals surface area contributed by atoms with E-state index >= 15 is 0 Å². The van der Waals surface area contributed by atoms with E-state index in [-0.39, 0.29) is 40.6 Å². The molecule has 0 fully saturated rings. The van der Waals surface area contributed by atoms with Crippen LogP contribution in [0.15, 0.2) is 70.5 Å². The summed E-state index contributed by atoms with van der Waals surface area (Å²) in [4.78, 5) is 25.7. The minimum atomic E-state index is -4.07. The van der Waals surface area contributed by atoms with Crippen LogP contribution in [0, 0.1) is 5.92 Å². The van der Waals surface area contributed by atoms with Crippen molar-refractivity contribution in [3.8, 4) is 22.5 Å². The van der Waals surface area contributed by atoms with Gasteiger partial charge in [-0.1, -0.05) is 87.3 Å². The summed E-state index contributed by atoms with van der Waals surface area (Å²) in [5.41, 5.74) is 3.90. The highest BCUT2D eigenvalue weighted by molar-refractivity contribution is 7.90. The standard InChI is InChI=1S/C24H29N5O3.C7H8ClN3O4S2/c1-4-5-10-21(30)29(22(16(2)3)24(31)32)15-17-11-13-18(14-12-17)19-8-6-7-9-20(19)23-25-27-28-26-23;8-4-1-5-7(2-6(4)16(9,12)13)17(14,15)11-3-10-5/h6-9,11-14,16,22H,4-5,10,15H2,1-3H3,(H,31,32)(H,25,26,27,28);1-2,10-11H,3H2,(H2,9,12,13)/t22-;/m0./s1. The summed E-state index contributed by atoms with van der Waals surface area (Å²) in [6.07, 6.45) is 1.97. The van der Waals surface area contributed by atoms with Gasteiger partial charge in [-0.05, 0) is 46.4 Å². The van der Waals surface area contributed by atoms with E-state index in [0.29, 0.717) is 12.2 Å². The van der Waals surface area contributed by atoms with Crippen molar-refractivity contribution in [2.24, 2.45) is 11.1 Å². The molecular weight excluding hydrogens is 696 g/mol. The Hall–Kier alpha value is -4.42. The zero-order chi connectivity index (χ0) is 35.9. The Morgan fingerprint density at radius 2 is 1.76 bits per heavy atom. The molecule has 1 amide bonds. The Morgan fingerprint density at radius 3 is 2.33 bits per heavy atom. The molecule has 5 rings (SSSR count). The Kier molecular flexibility index (Phi) is 12.1. The monoisotopic (exact) mass is 732 g/mol. The summed E-state index contributed by atoms with van der Waals surface area (Å²) < 4.78 is 47.9. The molecule has 0 unspecified atom stereocenters. The second-order valence-electron chi connectivity index (χ2n) is 11.5. The quantitative estimate of drug-likeness (QED) is 0.149. The van der Waals surface area contributed by atoms with Crippen molar-refractivity contribution in [2.75, 3.05) is 12.0 Å². The number of primary sulfonamides is 1. The molecule has 4 aromatic rings. The lowest BCUT2D eigenvalue weighted by molar-refractivity contribution is -0.153. The number of aromatic amines is 1. The maximum Gasteiger partial charge on any atom is 0.326 e. The fourth-order valence-corrected chi connectivity index (χ4v) is 7.49. The molecule has 1 aliphatic heterocycles. The molecule has 1 aromatic heterocycles. The van der Waals surface area contributed by atoms with Crippen molar-refractivity contribution in [3.05, 3.63) is 71.2 Å². The third-order valence-electron chi connectivity index (χ3n) is 7.59. The lowest BCUT2D eigenvalue weighted by Crippen LogP contribution is -2.47. The van der Waals surface area contributed by atoms with Crippen molar-refractivity contribution in [3.63, 3.8) is 0 Å². The number of nitrogens with one attached hydrogen (secondary N) is 3. The van der Waals surface area contributed by atoms with Crippen LogP contribution < -0.4 is 15.2 Å². The lowest BCUT2D eigenvalue weighted by Gasteiger charge is -2.32. The highest BCUT2D eigenvalue weighted by Gasteiger charge is 2.32. The van der Waals surface area contributed by atoms with Gasteiger partial charge in [0.1, 0.15) is 15.8 Å². The maximum absolute atomic E-state index is 12.9. The normalized spacial score (nSPS) is 14.2. The SMILES string of the molecule is CCCCC(=O)N(Cc1ccc(-c2ccccc2-c2nn[nH]n2)cc1)[C@H](C(=O)O)C(C)C.NS(=O)(=O)c1cc2c(cc1Cl)NCNS2(=O)=O. The number of tetrazole rings is 1. The average molecular weight is 733 g/mol. The van der Waals surface area contributed by atoms with Gasteiger partial charge in [0.25, 0.3) is 0 Å². The van der Waals surface area contributed by atoms with Gasteiger partial charge in [-0.3, -0.25) is 4.79 Å². The third kappa shape index (κ3) is 9.18. The smallest absolute Gasteiger partial charge is 0.326 e. The number of carboxylic acids is 1. The van der Waals surface area contributed by atoms with E-state index in [9.17, 15) is 31.5 Å². The molecule has 0 saturated carbocycles. The molecule has 1 atom stereocenters. The van der Waals surface area contributed by atoms with Crippen LogP contribution in [0.25, 0.3) is 22.5 Å². The zero-order valence-electron chi connectivity index (χ0n) is 26.9. The summed E-state index contributed by atoms with van der Waals surface area (Å²) in [6.45, 7) is 5.94. The number of unbranched alkanes of at least 4 members (excludes halogenated alkanes) is 1. The molecule has 0 spiro atoms. The number of benzene rings is 3. The summed E-state index contributed by atoms with van der Waals surface area (Å²) in [6, 6.07) is 16.9. The van der Waals surface area contributed by atoms with E-state index in [1.807, 2.05) is 69.3 Å². The van der Waals surface area contributed by atoms with Crippen LogP contribution in [0.5, 0.6) is 0 Å². The molecule has 3 aromatic carbocycles. The highest BCUT2D eigenvalue weighted by Crippen LogP contribution is 2.33. The number of hydrogen-bond donors (Lipinski definition) is 5. The van der Waals surface area contributed by atoms with E-state index in [1.54, 1.807) is 0 Å². The largest absolute Gasteiger partial charge is 0.480 e. The predicted octanol–water partition coefficient (Wildman–Crippen LogP) is 3.81. The molecule has 0 bridgehead atoms. The van der Waals surface area contributed by atoms with Crippen LogP contribution in [0.4, 0.5) is 5.69 Å². The van der Waals surface area contributed by atoms with Crippen molar-refractivity contribution in [1.29, 1.82) is 0 Å². The first kappa shape index (κ1) is 37.4. The van der Waals surface area contributed by atoms with Gasteiger partial charge in [-0.2, -0.15) is 9.94 Å². The second kappa shape index (κ2) is 15.9. The Labute approximate surface area is 289 Å². The number of sulfonamides is 2. The number of H-pyrrole nitrogens is 1. The van der Waals surface area contributed by atoms with E-state index in [1.165, 1.54) is 11.0 Å². The van der Waals surface area contributed by atoms with E-state index in [4.69, 9.17) is 16.7 Å². The molecule has 6 N–H and O–H groups in total. The number of nitrogens with two attached hydrogens (primary N) is 1. The molecule has 49 heavy (non-hydrogen) atoms. The fraction of sp³-hybridized carbons (Fsp3) is 0.323. The van der Waals surface area contributed by atoms with Gasteiger partial charge in [-0.25, -0.2) is 26.8 Å². The van der Waals surface area contributed by atoms with Gasteiger partial charge in [0, 0.05) is 18.5 Å². The van der Waals surface area contributed by atoms with Gasteiger partial charge < -0.3 is 15.3 Å². The highest BCUT2D eigenvalue weighted by atomic mass is 35.5. The number of nitrogens with zero attached hydrogens (tertiary/aromatic N) is 4. The zero-order valence-corrected chi connectivity index (χ0v) is 29.3. The minimum absolute atomic E-state index is 0.0143. The summed E-state index contributed by atoms with van der Waals surface area (Å²) in [5.74, 6) is -0.784. The van der Waals surface area contributed by atoms with E-state index < -0.39 is 37.0 Å². The van der Waals surface area contributed by atoms with Crippen LogP contribution in [0.3, 0.4) is 0 Å². The maximum atomic E-state index is 12.9. The third-order valence-corrected chi connectivity index (χ3v) is 10.4. The van der Waals surface area contributed by atoms with Crippen molar-refractivity contribution in [1.82, 2.24) is 30.2 Å². The summed E-state index contributed by atoms with van der Waals surface area (Å²) >= 11 is 5.72. The molecule has 0 aliphatic carbocycles. The number of hydrogen-bond acceptors (Lipinski definition) is 10. The molecule has 0 saturated heterocycles. The van der Waals surface area contributed by atoms with Crippen molar-refractivity contribution >= 4 is 49.2 Å². The topological polar surface area (TPSA) is 230 Å². The summed E-state index contributed by atoms with van der Waals surface area (Å²) in [5, 5.41) is 31.6. The number of aromatic nitrogens is 4. The van der Waals surface area contributed by atoms with Gasteiger partial charge in [-0.15, -0.1) is 10.2 Å². The number of amides is 1. The Morgan fingerprint density at radius 1 is 1.08 bits per heavy atom. The van der Waals surface area contributed by atoms with E-state index in [2.05, 4.69) is 30.7 Å². The van der Waals surface area contributed by atoms with Crippen molar-refractivity contribution < 1.29 is 31.5 Å². The number of aliphatic carboxylic acids is 1. The molecule has 15 nitrogen and oxygen atoms in total.